The van der Waals surface area contributed by atoms with Gasteiger partial charge in [0, 0.05) is 18.0 Å². The van der Waals surface area contributed by atoms with Crippen LogP contribution in [0, 0.1) is 0 Å². The van der Waals surface area contributed by atoms with Gasteiger partial charge in [-0.25, -0.2) is 0 Å². The maximum atomic E-state index is 4.19. The van der Waals surface area contributed by atoms with Crippen molar-refractivity contribution in [3.63, 3.8) is 0 Å². The second kappa shape index (κ2) is 2.23. The fraction of sp³-hybridized carbons (Fsp3) is 0. The lowest BCUT2D eigenvalue weighted by Crippen LogP contribution is -2.09. The van der Waals surface area contributed by atoms with Gasteiger partial charge in [0.2, 0.25) is 0 Å². The molecule has 0 fully saturated rings. The van der Waals surface area contributed by atoms with E-state index in [0.717, 1.165) is 17.0 Å². The molecule has 0 aliphatic carbocycles. The molecule has 0 bridgehead atoms. The van der Waals surface area contributed by atoms with Gasteiger partial charge in [-0.2, -0.15) is 0 Å². The molecule has 2 heteroatoms. The zero-order chi connectivity index (χ0) is 7.68. The first-order valence-corrected chi connectivity index (χ1v) is 3.45. The summed E-state index contributed by atoms with van der Waals surface area (Å²) in [6.45, 7) is 3.83. The van der Waals surface area contributed by atoms with Gasteiger partial charge in [0.05, 0.1) is 11.4 Å². The van der Waals surface area contributed by atoms with E-state index in [2.05, 4.69) is 16.9 Å². The fourth-order valence-corrected chi connectivity index (χ4v) is 1.10. The summed E-state index contributed by atoms with van der Waals surface area (Å²) in [7, 11) is 0. The van der Waals surface area contributed by atoms with Crippen LogP contribution in [0.15, 0.2) is 31.1 Å². The third-order valence-corrected chi connectivity index (χ3v) is 1.65. The molecular weight excluding hydrogens is 136 g/mol. The quantitative estimate of drug-likeness (QED) is 0.598. The summed E-state index contributed by atoms with van der Waals surface area (Å²) in [6.07, 6.45) is 5.62. The second-order valence-electron chi connectivity index (χ2n) is 2.40. The minimum absolute atomic E-state index is 0.864. The summed E-state index contributed by atoms with van der Waals surface area (Å²) < 4.78 is 0. The lowest BCUT2D eigenvalue weighted by atomic mass is 10.1. The molecule has 2 rings (SSSR count). The average Bonchev–Trinajstić information content (AvgIpc) is 2.06. The monoisotopic (exact) mass is 144 g/mol. The molecule has 0 radical (unpaired) electrons. The lowest BCUT2D eigenvalue weighted by molar-refractivity contribution is 1.14. The van der Waals surface area contributed by atoms with Crippen LogP contribution in [0.4, 0.5) is 0 Å². The minimum atomic E-state index is 0.864. The zero-order valence-electron chi connectivity index (χ0n) is 6.04. The molecule has 1 aromatic rings. The van der Waals surface area contributed by atoms with Gasteiger partial charge < -0.3 is 5.32 Å². The topological polar surface area (TPSA) is 24.9 Å². The number of nitrogens with one attached hydrogen (secondary N) is 1. The molecule has 0 aromatic carbocycles. The normalized spacial score (nSPS) is 14.0. The lowest BCUT2D eigenvalue weighted by Gasteiger charge is -2.12. The maximum Gasteiger partial charge on any atom is 0.0930 e. The number of fused-ring (bicyclic) bond motifs is 1. The Hall–Kier alpha value is -1.57. The van der Waals surface area contributed by atoms with Crippen molar-refractivity contribution in [3.05, 3.63) is 42.4 Å². The zero-order valence-corrected chi connectivity index (χ0v) is 6.04. The van der Waals surface area contributed by atoms with Gasteiger partial charge in [0.25, 0.3) is 0 Å². The minimum Gasteiger partial charge on any atom is -0.360 e. The highest BCUT2D eigenvalue weighted by molar-refractivity contribution is 5.73. The molecule has 54 valence electrons. The van der Waals surface area contributed by atoms with E-state index in [1.165, 1.54) is 0 Å². The molecule has 1 aromatic heterocycles. The van der Waals surface area contributed by atoms with Crippen LogP contribution >= 0.6 is 0 Å². The van der Waals surface area contributed by atoms with Crippen LogP contribution in [-0.4, -0.2) is 4.98 Å². The van der Waals surface area contributed by atoms with Crippen molar-refractivity contribution in [1.82, 2.24) is 10.3 Å². The van der Waals surface area contributed by atoms with Crippen LogP contribution in [0.2, 0.25) is 0 Å². The fourth-order valence-electron chi connectivity index (χ4n) is 1.10. The van der Waals surface area contributed by atoms with E-state index < -0.39 is 0 Å². The molecule has 0 amide bonds. The molecule has 0 saturated heterocycles. The summed E-state index contributed by atoms with van der Waals surface area (Å²) in [5.74, 6) is 0. The van der Waals surface area contributed by atoms with Gasteiger partial charge in [-0.05, 0) is 12.1 Å². The van der Waals surface area contributed by atoms with Gasteiger partial charge in [0.15, 0.2) is 0 Å². The Kier molecular flexibility index (Phi) is 1.25. The van der Waals surface area contributed by atoms with Crippen molar-refractivity contribution < 1.29 is 0 Å². The van der Waals surface area contributed by atoms with Crippen LogP contribution < -0.4 is 5.32 Å². The van der Waals surface area contributed by atoms with Crippen LogP contribution in [0.1, 0.15) is 11.3 Å². The smallest absolute Gasteiger partial charge is 0.0930 e. The van der Waals surface area contributed by atoms with Crippen LogP contribution in [0.25, 0.3) is 11.8 Å². The maximum absolute atomic E-state index is 4.19. The average molecular weight is 144 g/mol. The Balaban J connectivity index is 2.63. The Morgan fingerprint density at radius 3 is 3.18 bits per heavy atom. The van der Waals surface area contributed by atoms with Crippen LogP contribution in [-0.2, 0) is 0 Å². The summed E-state index contributed by atoms with van der Waals surface area (Å²) >= 11 is 0. The molecular formula is C9H8N2. The first-order chi connectivity index (χ1) is 5.38. The SMILES string of the molecule is C=C1NC=Cc2cccnc21. The summed E-state index contributed by atoms with van der Waals surface area (Å²) in [6, 6.07) is 3.94. The van der Waals surface area contributed by atoms with Crippen LogP contribution in [0.3, 0.4) is 0 Å². The van der Waals surface area contributed by atoms with Gasteiger partial charge in [0.1, 0.15) is 0 Å². The predicted octanol–water partition coefficient (Wildman–Crippen LogP) is 1.63. The van der Waals surface area contributed by atoms with Gasteiger partial charge in [-0.15, -0.1) is 0 Å². The van der Waals surface area contributed by atoms with Gasteiger partial charge in [-0.1, -0.05) is 12.6 Å². The Morgan fingerprint density at radius 1 is 1.45 bits per heavy atom. The molecule has 1 aliphatic heterocycles. The molecule has 0 unspecified atom stereocenters. The first-order valence-electron chi connectivity index (χ1n) is 3.45. The molecule has 0 saturated carbocycles. The molecule has 1 aliphatic rings. The molecule has 1 N–H and O–H groups in total. The number of nitrogens with zero attached hydrogens (tertiary/aromatic N) is 1. The molecule has 0 spiro atoms. The van der Waals surface area contributed by atoms with E-state index in [-0.39, 0.29) is 0 Å². The van der Waals surface area contributed by atoms with Crippen molar-refractivity contribution in [2.75, 3.05) is 0 Å². The third kappa shape index (κ3) is 0.923. The van der Waals surface area contributed by atoms with Crippen molar-refractivity contribution in [3.8, 4) is 0 Å². The van der Waals surface area contributed by atoms with Crippen molar-refractivity contribution in [2.24, 2.45) is 0 Å². The highest BCUT2D eigenvalue weighted by atomic mass is 14.9. The van der Waals surface area contributed by atoms with Gasteiger partial charge >= 0.3 is 0 Å². The molecule has 2 nitrogen and oxygen atoms in total. The van der Waals surface area contributed by atoms with E-state index >= 15 is 0 Å². The standard InChI is InChI=1S/C9H8N2/c1-7-9-8(4-6-10-7)3-2-5-11-9/h2-6,10H,1H2. The number of pyridine rings is 1. The second-order valence-corrected chi connectivity index (χ2v) is 2.40. The van der Waals surface area contributed by atoms with Crippen molar-refractivity contribution in [1.29, 1.82) is 0 Å². The summed E-state index contributed by atoms with van der Waals surface area (Å²) in [5.41, 5.74) is 2.93. The first kappa shape index (κ1) is 6.16. The highest BCUT2D eigenvalue weighted by Crippen LogP contribution is 2.17. The largest absolute Gasteiger partial charge is 0.360 e. The molecule has 11 heavy (non-hydrogen) atoms. The number of hydrogen-bond donors (Lipinski definition) is 1. The van der Waals surface area contributed by atoms with E-state index in [9.17, 15) is 0 Å². The molecule has 2 heterocycles. The molecule has 0 atom stereocenters. The number of aromatic nitrogens is 1. The summed E-state index contributed by atoms with van der Waals surface area (Å²) in [5, 5.41) is 3.00. The van der Waals surface area contributed by atoms with Crippen molar-refractivity contribution in [2.45, 2.75) is 0 Å². The Bertz CT molecular complexity index is 326. The third-order valence-electron chi connectivity index (χ3n) is 1.65. The number of hydrogen-bond acceptors (Lipinski definition) is 2. The van der Waals surface area contributed by atoms with E-state index in [4.69, 9.17) is 0 Å². The van der Waals surface area contributed by atoms with E-state index in [1.807, 2.05) is 24.4 Å². The van der Waals surface area contributed by atoms with E-state index in [0.29, 0.717) is 0 Å². The van der Waals surface area contributed by atoms with Gasteiger partial charge in [-0.3, -0.25) is 4.98 Å². The Labute approximate surface area is 65.3 Å². The predicted molar refractivity (Wildman–Crippen MR) is 45.4 cm³/mol. The highest BCUT2D eigenvalue weighted by Gasteiger charge is 2.06. The summed E-state index contributed by atoms with van der Waals surface area (Å²) in [4.78, 5) is 4.19. The van der Waals surface area contributed by atoms with Crippen LogP contribution in [0.5, 0.6) is 0 Å². The van der Waals surface area contributed by atoms with E-state index in [1.54, 1.807) is 6.20 Å². The Morgan fingerprint density at radius 2 is 2.36 bits per heavy atom. The van der Waals surface area contributed by atoms with Crippen molar-refractivity contribution >= 4 is 11.8 Å². The number of rotatable bonds is 0.